The van der Waals surface area contributed by atoms with E-state index in [1.807, 2.05) is 36.4 Å². The highest BCUT2D eigenvalue weighted by Gasteiger charge is 2.54. The molecule has 1 heterocycles. The fourth-order valence-corrected chi connectivity index (χ4v) is 8.49. The standard InChI is InChI=1S/C35H39N3O2/c39-33(36-14-12-24-6-2-1-3-7-24)31-19-30(10-11-32(31)38-15-13-28-8-4-5-9-29(28)23-38)37-34(40)35-20-25-16-26(21-35)18-27(17-25)22-35/h1-11,19,25-27H,12-18,20-23H2,(H,36,39)(H,37,40). The molecular weight excluding hydrogens is 494 g/mol. The van der Waals surface area contributed by atoms with E-state index in [9.17, 15) is 9.59 Å². The van der Waals surface area contributed by atoms with E-state index in [4.69, 9.17) is 0 Å². The zero-order valence-corrected chi connectivity index (χ0v) is 23.2. The minimum atomic E-state index is -0.220. The van der Waals surface area contributed by atoms with Crippen LogP contribution in [0.25, 0.3) is 0 Å². The first-order valence-electron chi connectivity index (χ1n) is 15.1. The summed E-state index contributed by atoms with van der Waals surface area (Å²) in [6, 6.07) is 24.7. The smallest absolute Gasteiger partial charge is 0.253 e. The number of carbonyl (C=O) groups is 2. The number of amides is 2. The molecule has 8 rings (SSSR count). The highest BCUT2D eigenvalue weighted by atomic mass is 16.2. The minimum Gasteiger partial charge on any atom is -0.366 e. The van der Waals surface area contributed by atoms with Gasteiger partial charge in [0.05, 0.1) is 11.0 Å². The molecule has 0 atom stereocenters. The van der Waals surface area contributed by atoms with Gasteiger partial charge in [0.15, 0.2) is 0 Å². The number of benzene rings is 3. The van der Waals surface area contributed by atoms with Gasteiger partial charge in [-0.1, -0.05) is 54.6 Å². The first kappa shape index (κ1) is 25.4. The first-order valence-corrected chi connectivity index (χ1v) is 15.1. The molecule has 3 aromatic carbocycles. The molecular formula is C35H39N3O2. The lowest BCUT2D eigenvalue weighted by Crippen LogP contribution is -2.51. The van der Waals surface area contributed by atoms with Crippen molar-refractivity contribution in [2.45, 2.75) is 57.9 Å². The molecule has 4 fully saturated rings. The third kappa shape index (κ3) is 4.91. The van der Waals surface area contributed by atoms with Gasteiger partial charge in [0.25, 0.3) is 5.91 Å². The molecule has 0 unspecified atom stereocenters. The van der Waals surface area contributed by atoms with E-state index in [2.05, 4.69) is 51.9 Å². The number of fused-ring (bicyclic) bond motifs is 1. The van der Waals surface area contributed by atoms with Crippen LogP contribution in [-0.2, 0) is 24.2 Å². The van der Waals surface area contributed by atoms with Crippen LogP contribution in [0.5, 0.6) is 0 Å². The second-order valence-corrected chi connectivity index (χ2v) is 12.8. The summed E-state index contributed by atoms with van der Waals surface area (Å²) in [5, 5.41) is 6.44. The van der Waals surface area contributed by atoms with Crippen molar-refractivity contribution < 1.29 is 9.59 Å². The summed E-state index contributed by atoms with van der Waals surface area (Å²) < 4.78 is 0. The molecule has 1 aliphatic heterocycles. The molecule has 4 saturated carbocycles. The van der Waals surface area contributed by atoms with Crippen molar-refractivity contribution in [2.24, 2.45) is 23.2 Å². The van der Waals surface area contributed by atoms with E-state index in [-0.39, 0.29) is 17.2 Å². The Kier molecular flexibility index (Phi) is 6.61. The average molecular weight is 534 g/mol. The van der Waals surface area contributed by atoms with Crippen LogP contribution >= 0.6 is 0 Å². The van der Waals surface area contributed by atoms with Crippen LogP contribution in [0, 0.1) is 23.2 Å². The summed E-state index contributed by atoms with van der Waals surface area (Å²) in [5.41, 5.74) is 5.97. The first-order chi connectivity index (χ1) is 19.5. The zero-order chi connectivity index (χ0) is 27.1. The van der Waals surface area contributed by atoms with Gasteiger partial charge in [-0.25, -0.2) is 0 Å². The molecule has 0 aromatic heterocycles. The number of hydrogen-bond donors (Lipinski definition) is 2. The number of nitrogens with one attached hydrogen (secondary N) is 2. The molecule has 4 aliphatic carbocycles. The number of anilines is 2. The van der Waals surface area contributed by atoms with Crippen LogP contribution in [0.2, 0.25) is 0 Å². The molecule has 3 aromatic rings. The Hall–Kier alpha value is -3.60. The lowest BCUT2D eigenvalue weighted by atomic mass is 9.49. The lowest BCUT2D eigenvalue weighted by molar-refractivity contribution is -0.140. The highest BCUT2D eigenvalue weighted by molar-refractivity contribution is 6.03. The van der Waals surface area contributed by atoms with E-state index in [1.54, 1.807) is 0 Å². The predicted octanol–water partition coefficient (Wildman–Crippen LogP) is 6.38. The second-order valence-electron chi connectivity index (χ2n) is 12.8. The average Bonchev–Trinajstić information content (AvgIpc) is 2.97. The molecule has 5 nitrogen and oxygen atoms in total. The highest BCUT2D eigenvalue weighted by Crippen LogP contribution is 2.60. The van der Waals surface area contributed by atoms with Crippen LogP contribution in [0.4, 0.5) is 11.4 Å². The maximum atomic E-state index is 13.8. The molecule has 2 amide bonds. The number of nitrogens with zero attached hydrogens (tertiary/aromatic N) is 1. The van der Waals surface area contributed by atoms with Crippen molar-refractivity contribution in [1.82, 2.24) is 5.32 Å². The van der Waals surface area contributed by atoms with Crippen LogP contribution in [0.1, 0.15) is 65.6 Å². The molecule has 5 heteroatoms. The van der Waals surface area contributed by atoms with Crippen molar-refractivity contribution in [2.75, 3.05) is 23.3 Å². The summed E-state index contributed by atoms with van der Waals surface area (Å²) in [5.74, 6) is 2.23. The van der Waals surface area contributed by atoms with Crippen LogP contribution < -0.4 is 15.5 Å². The Morgan fingerprint density at radius 3 is 2.23 bits per heavy atom. The van der Waals surface area contributed by atoms with Gasteiger partial charge < -0.3 is 15.5 Å². The third-order valence-corrected chi connectivity index (χ3v) is 10.0. The largest absolute Gasteiger partial charge is 0.366 e. The topological polar surface area (TPSA) is 61.4 Å². The van der Waals surface area contributed by atoms with Crippen LogP contribution in [-0.4, -0.2) is 24.9 Å². The van der Waals surface area contributed by atoms with Gasteiger partial charge in [0.2, 0.25) is 5.91 Å². The molecule has 5 aliphatic rings. The van der Waals surface area contributed by atoms with E-state index >= 15 is 0 Å². The van der Waals surface area contributed by atoms with Gasteiger partial charge in [-0.05, 0) is 104 Å². The van der Waals surface area contributed by atoms with E-state index in [1.165, 1.54) is 36.0 Å². The van der Waals surface area contributed by atoms with Gasteiger partial charge in [-0.3, -0.25) is 9.59 Å². The summed E-state index contributed by atoms with van der Waals surface area (Å²) in [4.78, 5) is 29.7. The summed E-state index contributed by atoms with van der Waals surface area (Å²) in [7, 11) is 0. The van der Waals surface area contributed by atoms with Crippen molar-refractivity contribution in [3.8, 4) is 0 Å². The minimum absolute atomic E-state index is 0.0873. The molecule has 2 N–H and O–H groups in total. The molecule has 206 valence electrons. The molecule has 4 bridgehead atoms. The lowest BCUT2D eigenvalue weighted by Gasteiger charge is -2.55. The fraction of sp³-hybridized carbons (Fsp3) is 0.429. The molecule has 0 spiro atoms. The van der Waals surface area contributed by atoms with E-state index in [0.717, 1.165) is 56.6 Å². The van der Waals surface area contributed by atoms with Crippen molar-refractivity contribution in [3.05, 3.63) is 95.1 Å². The Bertz CT molecular complexity index is 1380. The fourth-order valence-electron chi connectivity index (χ4n) is 8.49. The molecule has 40 heavy (non-hydrogen) atoms. The Morgan fingerprint density at radius 2 is 1.50 bits per heavy atom. The van der Waals surface area contributed by atoms with Crippen LogP contribution in [0.15, 0.2) is 72.8 Å². The maximum Gasteiger partial charge on any atom is 0.253 e. The van der Waals surface area contributed by atoms with E-state index < -0.39 is 0 Å². The summed E-state index contributed by atoms with van der Waals surface area (Å²) in [6.07, 6.45) is 8.76. The summed E-state index contributed by atoms with van der Waals surface area (Å²) >= 11 is 0. The maximum absolute atomic E-state index is 13.8. The van der Waals surface area contributed by atoms with Gasteiger partial charge in [-0.2, -0.15) is 0 Å². The summed E-state index contributed by atoms with van der Waals surface area (Å²) in [6.45, 7) is 2.20. The van der Waals surface area contributed by atoms with Crippen molar-refractivity contribution in [1.29, 1.82) is 0 Å². The molecule has 0 saturated heterocycles. The zero-order valence-electron chi connectivity index (χ0n) is 23.2. The predicted molar refractivity (Wildman–Crippen MR) is 159 cm³/mol. The van der Waals surface area contributed by atoms with Gasteiger partial charge in [0, 0.05) is 31.0 Å². The van der Waals surface area contributed by atoms with Gasteiger partial charge in [0.1, 0.15) is 0 Å². The second kappa shape index (κ2) is 10.4. The number of carbonyl (C=O) groups excluding carboxylic acids is 2. The van der Waals surface area contributed by atoms with E-state index in [0.29, 0.717) is 29.9 Å². The monoisotopic (exact) mass is 533 g/mol. The Morgan fingerprint density at radius 1 is 0.825 bits per heavy atom. The Balaban J connectivity index is 1.13. The third-order valence-electron chi connectivity index (χ3n) is 10.0. The molecule has 0 radical (unpaired) electrons. The quantitative estimate of drug-likeness (QED) is 0.371. The van der Waals surface area contributed by atoms with Crippen LogP contribution in [0.3, 0.4) is 0 Å². The SMILES string of the molecule is O=C(NCCc1ccccc1)c1cc(NC(=O)C23CC4CC(CC(C4)C2)C3)ccc1N1CCc2ccccc2C1. The van der Waals surface area contributed by atoms with Crippen molar-refractivity contribution >= 4 is 23.2 Å². The Labute approximate surface area is 237 Å². The van der Waals surface area contributed by atoms with Crippen molar-refractivity contribution in [3.63, 3.8) is 0 Å². The van der Waals surface area contributed by atoms with Gasteiger partial charge in [-0.15, -0.1) is 0 Å². The normalized spacial score (nSPS) is 26.3. The van der Waals surface area contributed by atoms with Gasteiger partial charge >= 0.3 is 0 Å². The number of hydrogen-bond acceptors (Lipinski definition) is 3. The number of rotatable bonds is 7.